The van der Waals surface area contributed by atoms with Crippen molar-refractivity contribution in [2.75, 3.05) is 97.7 Å². The number of carbonyl (C=O) groups excluding carboxylic acids is 5. The molecule has 20 heteroatoms. The molecule has 72 heavy (non-hydrogen) atoms. The van der Waals surface area contributed by atoms with Crippen LogP contribution in [0.1, 0.15) is 91.1 Å². The van der Waals surface area contributed by atoms with Crippen molar-refractivity contribution in [3.8, 4) is 0 Å². The number of esters is 1. The van der Waals surface area contributed by atoms with Crippen molar-refractivity contribution in [3.63, 3.8) is 0 Å². The van der Waals surface area contributed by atoms with Gasteiger partial charge in [-0.15, -0.1) is 0 Å². The maximum Gasteiger partial charge on any atom is 0.340 e. The molecule has 0 bridgehead atoms. The van der Waals surface area contributed by atoms with Crippen LogP contribution >= 0.6 is 0 Å². The largest absolute Gasteiger partial charge is 0.465 e. The molecular weight excluding hydrogens is 941 g/mol. The average molecular weight is 1010 g/mol. The van der Waals surface area contributed by atoms with E-state index in [1.165, 1.54) is 74.9 Å². The van der Waals surface area contributed by atoms with E-state index in [9.17, 15) is 41.5 Å². The number of anilines is 2. The quantitative estimate of drug-likeness (QED) is 0.0730. The maximum absolute atomic E-state index is 14.1. The molecule has 3 amide bonds. The number of amides is 3. The molecule has 4 aromatic rings. The van der Waals surface area contributed by atoms with Crippen LogP contribution in [0.3, 0.4) is 0 Å². The second kappa shape index (κ2) is 26.3. The molecule has 2 fully saturated rings. The first-order valence-corrected chi connectivity index (χ1v) is 23.6. The zero-order valence-corrected chi connectivity index (χ0v) is 41.5. The van der Waals surface area contributed by atoms with Crippen molar-refractivity contribution < 1.29 is 55.7 Å². The number of halogens is 4. The molecule has 0 atom stereocenters. The van der Waals surface area contributed by atoms with Gasteiger partial charge >= 0.3 is 12.0 Å². The lowest BCUT2D eigenvalue weighted by molar-refractivity contribution is 0.0594. The molecule has 8 rings (SSSR count). The number of ether oxygens (including phenoxy) is 3. The fraction of sp³-hybridized carbons (Fsp3) is 0.442. The van der Waals surface area contributed by atoms with Crippen LogP contribution < -0.4 is 37.2 Å². The first-order chi connectivity index (χ1) is 34.5. The third-order valence-corrected chi connectivity index (χ3v) is 13.5. The number of methoxy groups -OCH3 is 3. The monoisotopic (exact) mass is 1010 g/mol. The van der Waals surface area contributed by atoms with E-state index < -0.39 is 34.9 Å². The highest BCUT2D eigenvalue weighted by Gasteiger charge is 2.46. The van der Waals surface area contributed by atoms with Gasteiger partial charge in [-0.3, -0.25) is 14.4 Å². The summed E-state index contributed by atoms with van der Waals surface area (Å²) in [4.78, 5) is 67.0. The average Bonchev–Trinajstić information content (AvgIpc) is 3.38. The third-order valence-electron chi connectivity index (χ3n) is 13.5. The summed E-state index contributed by atoms with van der Waals surface area (Å²) in [6.45, 7) is 5.05. The molecule has 0 aromatic heterocycles. The van der Waals surface area contributed by atoms with Crippen LogP contribution in [0, 0.1) is 23.3 Å². The maximum atomic E-state index is 14.1. The van der Waals surface area contributed by atoms with Gasteiger partial charge in [0.2, 0.25) is 0 Å². The van der Waals surface area contributed by atoms with Gasteiger partial charge in [0.25, 0.3) is 5.91 Å². The molecular formula is C52H66F4N8O8. The second-order valence-electron chi connectivity index (χ2n) is 17.8. The van der Waals surface area contributed by atoms with Gasteiger partial charge in [0.1, 0.15) is 23.3 Å². The minimum absolute atomic E-state index is 0.0736. The third kappa shape index (κ3) is 13.9. The molecule has 2 spiro atoms. The van der Waals surface area contributed by atoms with Crippen LogP contribution in [0.5, 0.6) is 0 Å². The normalized spacial score (nSPS) is 16.2. The highest BCUT2D eigenvalue weighted by atomic mass is 19.1. The van der Waals surface area contributed by atoms with Gasteiger partial charge in [0.05, 0.1) is 37.0 Å². The summed E-state index contributed by atoms with van der Waals surface area (Å²) in [6, 6.07) is 16.8. The van der Waals surface area contributed by atoms with E-state index in [-0.39, 0.29) is 66.1 Å². The van der Waals surface area contributed by atoms with Gasteiger partial charge in [-0.05, 0) is 111 Å². The fourth-order valence-electron chi connectivity index (χ4n) is 9.22. The lowest BCUT2D eigenvalue weighted by atomic mass is 9.77. The number of nitrogens with one attached hydrogen (secondary N) is 3. The highest BCUT2D eigenvalue weighted by molar-refractivity contribution is 6.05. The number of carbonyl (C=O) groups is 5. The standard InChI is InChI=1S/C26H30F2N4O4.C14H17FN2O.C9H10FNO2.C3H9NO/c1-31-22-6-4-18(27)14-20(22)23(33)15-26(31)7-10-32(11-8-26)25(35)30-16-17-3-5-21(28)19(13-17)24(34)29-9-12-36-2;1-17-12-3-2-10(15)8-11(12)13(18)9-14(17)4-6-16-7-5-14;1-13-9(12)7-4-6(5-11)2-3-8(7)10;1-5-3-2-4/h3-6,13-14H,7-12,15-16H2,1-2H3,(H,29,34)(H,30,35);2-3,8,16H,4-7,9H2,1H3;2-4H,5,11H2,1H3;2-4H2,1H3. The summed E-state index contributed by atoms with van der Waals surface area (Å²) in [7, 11) is 8.28. The predicted octanol–water partition coefficient (Wildman–Crippen LogP) is 5.74. The van der Waals surface area contributed by atoms with Gasteiger partial charge in [-0.1, -0.05) is 12.1 Å². The number of hydrogen-bond donors (Lipinski definition) is 5. The topological polar surface area (TPSA) is 211 Å². The number of Topliss-reactive ketones (excluding diaryl/α,β-unsaturated/α-hetero) is 2. The van der Waals surface area contributed by atoms with Gasteiger partial charge in [-0.2, -0.15) is 0 Å². The van der Waals surface area contributed by atoms with E-state index in [4.69, 9.17) is 16.2 Å². The Labute approximate surface area is 417 Å². The summed E-state index contributed by atoms with van der Waals surface area (Å²) in [5.74, 6) is -3.25. The number of piperidine rings is 2. The van der Waals surface area contributed by atoms with Crippen LogP contribution in [0.25, 0.3) is 0 Å². The fourth-order valence-corrected chi connectivity index (χ4v) is 9.22. The van der Waals surface area contributed by atoms with Crippen molar-refractivity contribution >= 4 is 40.8 Å². The van der Waals surface area contributed by atoms with Gasteiger partial charge in [0.15, 0.2) is 11.6 Å². The minimum atomic E-state index is -0.687. The van der Waals surface area contributed by atoms with E-state index in [1.54, 1.807) is 24.1 Å². The Balaban J connectivity index is 0.000000220. The van der Waals surface area contributed by atoms with Crippen molar-refractivity contribution in [1.82, 2.24) is 20.9 Å². The molecule has 0 aliphatic carbocycles. The lowest BCUT2D eigenvalue weighted by Gasteiger charge is -2.50. The molecule has 2 saturated heterocycles. The van der Waals surface area contributed by atoms with Gasteiger partial charge < -0.3 is 56.3 Å². The zero-order valence-electron chi connectivity index (χ0n) is 41.5. The number of fused-ring (bicyclic) bond motifs is 2. The highest BCUT2D eigenvalue weighted by Crippen LogP contribution is 2.43. The Morgan fingerprint density at radius 2 is 1.18 bits per heavy atom. The number of urea groups is 1. The number of benzene rings is 4. The summed E-state index contributed by atoms with van der Waals surface area (Å²) < 4.78 is 67.9. The van der Waals surface area contributed by atoms with Gasteiger partial charge in [-0.25, -0.2) is 27.2 Å². The number of hydrogen-bond acceptors (Lipinski definition) is 13. The molecule has 0 unspecified atom stereocenters. The van der Waals surface area contributed by atoms with Gasteiger partial charge in [0, 0.05) is 108 Å². The molecule has 4 aliphatic rings. The van der Waals surface area contributed by atoms with Crippen molar-refractivity contribution in [2.24, 2.45) is 11.5 Å². The Hall–Kier alpha value is -6.45. The van der Waals surface area contributed by atoms with E-state index in [0.29, 0.717) is 80.1 Å². The number of ketones is 2. The predicted molar refractivity (Wildman–Crippen MR) is 265 cm³/mol. The number of likely N-dealkylation sites (tertiary alicyclic amines) is 1. The van der Waals surface area contributed by atoms with E-state index in [2.05, 4.69) is 35.2 Å². The Morgan fingerprint density at radius 3 is 1.68 bits per heavy atom. The van der Waals surface area contributed by atoms with Crippen LogP contribution in [0.4, 0.5) is 33.7 Å². The molecule has 4 aliphatic heterocycles. The Bertz CT molecular complexity index is 2530. The van der Waals surface area contributed by atoms with Crippen molar-refractivity contribution in [3.05, 3.63) is 129 Å². The first-order valence-electron chi connectivity index (χ1n) is 23.6. The summed E-state index contributed by atoms with van der Waals surface area (Å²) in [5, 5.41) is 8.74. The van der Waals surface area contributed by atoms with Crippen LogP contribution in [0.15, 0.2) is 72.8 Å². The molecule has 4 heterocycles. The van der Waals surface area contributed by atoms with Crippen molar-refractivity contribution in [1.29, 1.82) is 0 Å². The number of nitrogens with two attached hydrogens (primary N) is 2. The second-order valence-corrected chi connectivity index (χ2v) is 17.8. The first kappa shape index (κ1) is 56.5. The molecule has 4 aromatic carbocycles. The van der Waals surface area contributed by atoms with Crippen molar-refractivity contribution in [2.45, 2.75) is 62.7 Å². The molecule has 7 N–H and O–H groups in total. The van der Waals surface area contributed by atoms with E-state index >= 15 is 0 Å². The van der Waals surface area contributed by atoms with E-state index in [0.717, 1.165) is 31.6 Å². The van der Waals surface area contributed by atoms with E-state index in [1.807, 2.05) is 14.1 Å². The molecule has 16 nitrogen and oxygen atoms in total. The molecule has 390 valence electrons. The molecule has 0 saturated carbocycles. The number of rotatable bonds is 10. The minimum Gasteiger partial charge on any atom is -0.465 e. The zero-order chi connectivity index (χ0) is 52.6. The smallest absolute Gasteiger partial charge is 0.340 e. The number of nitrogens with zero attached hydrogens (tertiary/aromatic N) is 3. The Morgan fingerprint density at radius 1 is 0.667 bits per heavy atom. The summed E-state index contributed by atoms with van der Waals surface area (Å²) >= 11 is 0. The van der Waals surface area contributed by atoms with Crippen LogP contribution in [-0.4, -0.2) is 133 Å². The van der Waals surface area contributed by atoms with Crippen LogP contribution in [-0.2, 0) is 27.3 Å². The summed E-state index contributed by atoms with van der Waals surface area (Å²) in [5.41, 5.74) is 13.5. The Kier molecular flexibility index (Phi) is 20.6. The summed E-state index contributed by atoms with van der Waals surface area (Å²) in [6.07, 6.45) is 3.91. The lowest BCUT2D eigenvalue weighted by Crippen LogP contribution is -2.59. The SMILES string of the molecule is CN1c2ccc(F)cc2C(=O)CC12CCNCC2.COC(=O)c1cc(CN)ccc1F.COCCN.COCCNC(=O)c1cc(CNC(=O)N2CCC3(CC2)CC(=O)c2cc(F)ccc2N3C)ccc1F. The van der Waals surface area contributed by atoms with Crippen LogP contribution in [0.2, 0.25) is 0 Å². The molecule has 0 radical (unpaired) electrons.